The molecule has 1 unspecified atom stereocenters. The Balaban J connectivity index is 1.91. The number of halogens is 1. The van der Waals surface area contributed by atoms with Gasteiger partial charge < -0.3 is 5.32 Å². The van der Waals surface area contributed by atoms with E-state index in [0.717, 1.165) is 12.1 Å². The molecular formula is C16H24FNS. The van der Waals surface area contributed by atoms with Crippen LogP contribution in [-0.2, 0) is 0 Å². The first-order valence-electron chi connectivity index (χ1n) is 7.19. The van der Waals surface area contributed by atoms with Crippen LogP contribution in [0.25, 0.3) is 0 Å². The van der Waals surface area contributed by atoms with Gasteiger partial charge in [-0.05, 0) is 43.7 Å². The van der Waals surface area contributed by atoms with Gasteiger partial charge in [-0.25, -0.2) is 4.39 Å². The molecule has 0 saturated heterocycles. The molecule has 106 valence electrons. The highest BCUT2D eigenvalue weighted by Gasteiger charge is 2.31. The molecule has 0 radical (unpaired) electrons. The van der Waals surface area contributed by atoms with Crippen molar-refractivity contribution in [1.29, 1.82) is 0 Å². The van der Waals surface area contributed by atoms with Crippen molar-refractivity contribution in [3.8, 4) is 0 Å². The van der Waals surface area contributed by atoms with Crippen molar-refractivity contribution in [2.24, 2.45) is 0 Å². The maximum Gasteiger partial charge on any atom is 0.123 e. The van der Waals surface area contributed by atoms with E-state index in [9.17, 15) is 4.39 Å². The van der Waals surface area contributed by atoms with Crippen molar-refractivity contribution in [2.45, 2.75) is 49.8 Å². The zero-order chi connectivity index (χ0) is 13.7. The molecule has 1 N–H and O–H groups in total. The summed E-state index contributed by atoms with van der Waals surface area (Å²) in [5, 5.41) is 3.64. The summed E-state index contributed by atoms with van der Waals surface area (Å²) in [6.07, 6.45) is 8.96. The van der Waals surface area contributed by atoms with E-state index in [1.165, 1.54) is 32.1 Å². The van der Waals surface area contributed by atoms with E-state index in [1.54, 1.807) is 12.1 Å². The topological polar surface area (TPSA) is 12.0 Å². The molecule has 1 aromatic rings. The molecular weight excluding hydrogens is 257 g/mol. The monoisotopic (exact) mass is 281 g/mol. The standard InChI is InChI=1S/C16H24FNS/c1-13(14-6-8-15(17)9-7-14)18-12-16(19-2)10-4-3-5-11-16/h6-9,13,18H,3-5,10-12H2,1-2H3. The lowest BCUT2D eigenvalue weighted by molar-refractivity contribution is 0.367. The van der Waals surface area contributed by atoms with Gasteiger partial charge in [0.15, 0.2) is 0 Å². The van der Waals surface area contributed by atoms with Crippen molar-refractivity contribution in [2.75, 3.05) is 12.8 Å². The maximum atomic E-state index is 12.9. The molecule has 0 aromatic heterocycles. The smallest absolute Gasteiger partial charge is 0.123 e. The molecule has 0 spiro atoms. The second kappa shape index (κ2) is 6.76. The Bertz CT molecular complexity index is 384. The Hall–Kier alpha value is -0.540. The lowest BCUT2D eigenvalue weighted by atomic mass is 9.88. The van der Waals surface area contributed by atoms with E-state index in [4.69, 9.17) is 0 Å². The van der Waals surface area contributed by atoms with Crippen LogP contribution in [0, 0.1) is 5.82 Å². The third kappa shape index (κ3) is 3.96. The highest BCUT2D eigenvalue weighted by atomic mass is 32.2. The first-order chi connectivity index (χ1) is 9.15. The van der Waals surface area contributed by atoms with Crippen LogP contribution in [0.3, 0.4) is 0 Å². The summed E-state index contributed by atoms with van der Waals surface area (Å²) in [7, 11) is 0. The van der Waals surface area contributed by atoms with E-state index in [1.807, 2.05) is 23.9 Å². The Morgan fingerprint density at radius 3 is 2.42 bits per heavy atom. The van der Waals surface area contributed by atoms with E-state index in [2.05, 4.69) is 18.5 Å². The van der Waals surface area contributed by atoms with E-state index in [-0.39, 0.29) is 11.9 Å². The molecule has 1 aliphatic rings. The number of rotatable bonds is 5. The summed E-state index contributed by atoms with van der Waals surface area (Å²) in [5.41, 5.74) is 1.16. The summed E-state index contributed by atoms with van der Waals surface area (Å²) >= 11 is 2.01. The third-order valence-corrected chi connectivity index (χ3v) is 5.72. The summed E-state index contributed by atoms with van der Waals surface area (Å²) in [5.74, 6) is -0.163. The molecule has 0 heterocycles. The minimum atomic E-state index is -0.163. The quantitative estimate of drug-likeness (QED) is 0.850. The molecule has 0 amide bonds. The number of nitrogens with one attached hydrogen (secondary N) is 1. The summed E-state index contributed by atoms with van der Waals surface area (Å²) in [6.45, 7) is 3.21. The first-order valence-corrected chi connectivity index (χ1v) is 8.42. The first kappa shape index (κ1) is 14.9. The fourth-order valence-electron chi connectivity index (χ4n) is 2.86. The molecule has 1 aromatic carbocycles. The van der Waals surface area contributed by atoms with Crippen molar-refractivity contribution in [3.63, 3.8) is 0 Å². The zero-order valence-corrected chi connectivity index (χ0v) is 12.7. The van der Waals surface area contributed by atoms with Crippen molar-refractivity contribution < 1.29 is 4.39 Å². The lowest BCUT2D eigenvalue weighted by Gasteiger charge is -2.37. The molecule has 0 bridgehead atoms. The average Bonchev–Trinajstić information content (AvgIpc) is 2.46. The summed E-state index contributed by atoms with van der Waals surface area (Å²) in [4.78, 5) is 0. The Morgan fingerprint density at radius 1 is 1.21 bits per heavy atom. The predicted molar refractivity (Wildman–Crippen MR) is 82.1 cm³/mol. The molecule has 1 fully saturated rings. The van der Waals surface area contributed by atoms with Crippen LogP contribution >= 0.6 is 11.8 Å². The van der Waals surface area contributed by atoms with Gasteiger partial charge in [0.2, 0.25) is 0 Å². The molecule has 1 saturated carbocycles. The van der Waals surface area contributed by atoms with Crippen LogP contribution < -0.4 is 5.32 Å². The lowest BCUT2D eigenvalue weighted by Crippen LogP contribution is -2.40. The van der Waals surface area contributed by atoms with Crippen molar-refractivity contribution in [1.82, 2.24) is 5.32 Å². The van der Waals surface area contributed by atoms with Crippen LogP contribution in [-0.4, -0.2) is 17.5 Å². The van der Waals surface area contributed by atoms with Gasteiger partial charge in [0.1, 0.15) is 5.82 Å². The van der Waals surface area contributed by atoms with Crippen LogP contribution in [0.5, 0.6) is 0 Å². The van der Waals surface area contributed by atoms with Gasteiger partial charge >= 0.3 is 0 Å². The van der Waals surface area contributed by atoms with Gasteiger partial charge in [-0.1, -0.05) is 31.4 Å². The van der Waals surface area contributed by atoms with E-state index < -0.39 is 0 Å². The van der Waals surface area contributed by atoms with Gasteiger partial charge in [0, 0.05) is 17.3 Å². The number of hydrogen-bond donors (Lipinski definition) is 1. The molecule has 2 rings (SSSR count). The van der Waals surface area contributed by atoms with Gasteiger partial charge in [-0.2, -0.15) is 11.8 Å². The normalized spacial score (nSPS) is 20.2. The Morgan fingerprint density at radius 2 is 1.84 bits per heavy atom. The molecule has 3 heteroatoms. The maximum absolute atomic E-state index is 12.9. The van der Waals surface area contributed by atoms with Crippen LogP contribution in [0.4, 0.5) is 4.39 Å². The summed E-state index contributed by atoms with van der Waals surface area (Å²) < 4.78 is 13.3. The third-order valence-electron chi connectivity index (χ3n) is 4.30. The van der Waals surface area contributed by atoms with Crippen LogP contribution in [0.2, 0.25) is 0 Å². The van der Waals surface area contributed by atoms with Gasteiger partial charge in [-0.15, -0.1) is 0 Å². The van der Waals surface area contributed by atoms with Crippen LogP contribution in [0.15, 0.2) is 24.3 Å². The van der Waals surface area contributed by atoms with E-state index in [0.29, 0.717) is 4.75 Å². The molecule has 1 aliphatic carbocycles. The summed E-state index contributed by atoms with van der Waals surface area (Å²) in [6, 6.07) is 7.11. The Labute approximate surface area is 120 Å². The van der Waals surface area contributed by atoms with Gasteiger partial charge in [0.25, 0.3) is 0 Å². The second-order valence-electron chi connectivity index (χ2n) is 5.60. The SMILES string of the molecule is CSC1(CNC(C)c2ccc(F)cc2)CCCCC1. The number of hydrogen-bond acceptors (Lipinski definition) is 2. The zero-order valence-electron chi connectivity index (χ0n) is 11.9. The number of thioether (sulfide) groups is 1. The minimum absolute atomic E-state index is 0.163. The number of benzene rings is 1. The van der Waals surface area contributed by atoms with Gasteiger partial charge in [-0.3, -0.25) is 0 Å². The highest BCUT2D eigenvalue weighted by molar-refractivity contribution is 8.00. The molecule has 1 atom stereocenters. The van der Waals surface area contributed by atoms with E-state index >= 15 is 0 Å². The van der Waals surface area contributed by atoms with Crippen molar-refractivity contribution >= 4 is 11.8 Å². The molecule has 1 nitrogen and oxygen atoms in total. The largest absolute Gasteiger partial charge is 0.309 e. The Kier molecular flexibility index (Phi) is 5.28. The van der Waals surface area contributed by atoms with Crippen LogP contribution in [0.1, 0.15) is 50.6 Å². The average molecular weight is 281 g/mol. The van der Waals surface area contributed by atoms with Gasteiger partial charge in [0.05, 0.1) is 0 Å². The molecule has 0 aliphatic heterocycles. The predicted octanol–water partition coefficient (Wildman–Crippen LogP) is 4.54. The van der Waals surface area contributed by atoms with Crippen molar-refractivity contribution in [3.05, 3.63) is 35.6 Å². The molecule has 19 heavy (non-hydrogen) atoms. The fraction of sp³-hybridized carbons (Fsp3) is 0.625. The fourth-order valence-corrected chi connectivity index (χ4v) is 3.78. The highest BCUT2D eigenvalue weighted by Crippen LogP contribution is 2.38. The second-order valence-corrected chi connectivity index (χ2v) is 6.88. The minimum Gasteiger partial charge on any atom is -0.309 e.